The molecule has 1 amide bonds. The minimum absolute atomic E-state index is 0.0586. The molecule has 2 aromatic carbocycles. The second-order valence-corrected chi connectivity index (χ2v) is 7.75. The van der Waals surface area contributed by atoms with Crippen LogP contribution >= 0.6 is 0 Å². The largest absolute Gasteiger partial charge is 0.496 e. The van der Waals surface area contributed by atoms with E-state index in [4.69, 9.17) is 9.47 Å². The van der Waals surface area contributed by atoms with Crippen molar-refractivity contribution < 1.29 is 14.3 Å². The number of methoxy groups -OCH3 is 1. The number of ether oxygens (including phenoxy) is 2. The van der Waals surface area contributed by atoms with E-state index in [1.807, 2.05) is 24.3 Å². The summed E-state index contributed by atoms with van der Waals surface area (Å²) >= 11 is 0. The van der Waals surface area contributed by atoms with Crippen molar-refractivity contribution in [3.8, 4) is 11.5 Å². The number of benzene rings is 2. The second-order valence-electron chi connectivity index (χ2n) is 7.75. The zero-order valence-corrected chi connectivity index (χ0v) is 17.7. The van der Waals surface area contributed by atoms with Crippen molar-refractivity contribution in [2.24, 2.45) is 0 Å². The molecule has 29 heavy (non-hydrogen) atoms. The van der Waals surface area contributed by atoms with Gasteiger partial charge in [-0.2, -0.15) is 0 Å². The van der Waals surface area contributed by atoms with Crippen molar-refractivity contribution in [2.45, 2.75) is 52.6 Å². The van der Waals surface area contributed by atoms with Crippen molar-refractivity contribution in [1.82, 2.24) is 5.32 Å². The molecule has 2 aromatic rings. The van der Waals surface area contributed by atoms with Crippen molar-refractivity contribution in [3.63, 3.8) is 0 Å². The normalized spacial score (nSPS) is 13.6. The molecule has 0 heterocycles. The summed E-state index contributed by atoms with van der Waals surface area (Å²) < 4.78 is 11.4. The zero-order chi connectivity index (χ0) is 20.6. The van der Waals surface area contributed by atoms with Gasteiger partial charge in [0.15, 0.2) is 0 Å². The predicted molar refractivity (Wildman–Crippen MR) is 117 cm³/mol. The van der Waals surface area contributed by atoms with Crippen LogP contribution in [0.25, 0.3) is 0 Å². The van der Waals surface area contributed by atoms with Gasteiger partial charge in [0.05, 0.1) is 7.11 Å². The Morgan fingerprint density at radius 2 is 1.86 bits per heavy atom. The SMILES string of the molecule is COc1ccc(C(=O)NCCC2=CCCCC2)cc1COc1cc(C)cc(C)c1. The molecular weight excluding hydrogens is 362 g/mol. The molecule has 0 atom stereocenters. The monoisotopic (exact) mass is 393 g/mol. The van der Waals surface area contributed by atoms with Crippen LogP contribution in [-0.4, -0.2) is 19.6 Å². The van der Waals surface area contributed by atoms with E-state index in [0.29, 0.717) is 18.7 Å². The van der Waals surface area contributed by atoms with E-state index in [9.17, 15) is 4.79 Å². The van der Waals surface area contributed by atoms with E-state index in [0.717, 1.165) is 34.6 Å². The quantitative estimate of drug-likeness (QED) is 0.602. The third-order valence-electron chi connectivity index (χ3n) is 5.25. The molecule has 0 saturated carbocycles. The third-order valence-corrected chi connectivity index (χ3v) is 5.25. The number of nitrogens with one attached hydrogen (secondary N) is 1. The zero-order valence-electron chi connectivity index (χ0n) is 17.7. The van der Waals surface area contributed by atoms with Gasteiger partial charge in [-0.15, -0.1) is 0 Å². The second kappa shape index (κ2) is 10.1. The molecule has 1 aliphatic rings. The van der Waals surface area contributed by atoms with Gasteiger partial charge >= 0.3 is 0 Å². The molecule has 0 bridgehead atoms. The lowest BCUT2D eigenvalue weighted by Crippen LogP contribution is -2.25. The first-order valence-corrected chi connectivity index (χ1v) is 10.4. The van der Waals surface area contributed by atoms with Crippen LogP contribution < -0.4 is 14.8 Å². The summed E-state index contributed by atoms with van der Waals surface area (Å²) in [7, 11) is 1.63. The maximum Gasteiger partial charge on any atom is 0.251 e. The van der Waals surface area contributed by atoms with Gasteiger partial charge in [0.25, 0.3) is 5.91 Å². The van der Waals surface area contributed by atoms with Crippen LogP contribution in [0.2, 0.25) is 0 Å². The highest BCUT2D eigenvalue weighted by Gasteiger charge is 2.12. The fourth-order valence-corrected chi connectivity index (χ4v) is 3.78. The van der Waals surface area contributed by atoms with E-state index in [1.165, 1.54) is 31.3 Å². The predicted octanol–water partition coefficient (Wildman–Crippen LogP) is 5.51. The number of aryl methyl sites for hydroxylation is 2. The first-order chi connectivity index (χ1) is 14.0. The average Bonchev–Trinajstić information content (AvgIpc) is 2.72. The van der Waals surface area contributed by atoms with Gasteiger partial charge in [-0.25, -0.2) is 0 Å². The first-order valence-electron chi connectivity index (χ1n) is 10.4. The molecule has 1 aliphatic carbocycles. The molecule has 4 heteroatoms. The van der Waals surface area contributed by atoms with E-state index in [-0.39, 0.29) is 5.91 Å². The highest BCUT2D eigenvalue weighted by molar-refractivity contribution is 5.94. The molecule has 3 rings (SSSR count). The van der Waals surface area contributed by atoms with Crippen LogP contribution in [0.5, 0.6) is 11.5 Å². The molecule has 0 saturated heterocycles. The lowest BCUT2D eigenvalue weighted by atomic mass is 9.97. The number of rotatable bonds is 8. The molecular formula is C25H31NO3. The molecule has 0 radical (unpaired) electrons. The number of hydrogen-bond acceptors (Lipinski definition) is 3. The van der Waals surface area contributed by atoms with Crippen LogP contribution in [0.4, 0.5) is 0 Å². The summed E-state index contributed by atoms with van der Waals surface area (Å²) in [6.45, 7) is 5.12. The Morgan fingerprint density at radius 3 is 2.55 bits per heavy atom. The summed E-state index contributed by atoms with van der Waals surface area (Å²) in [5, 5.41) is 3.04. The summed E-state index contributed by atoms with van der Waals surface area (Å²) in [5.74, 6) is 1.48. The van der Waals surface area contributed by atoms with E-state index in [2.05, 4.69) is 31.3 Å². The van der Waals surface area contributed by atoms with Gasteiger partial charge in [-0.05, 0) is 87.4 Å². The van der Waals surface area contributed by atoms with E-state index < -0.39 is 0 Å². The van der Waals surface area contributed by atoms with Crippen molar-refractivity contribution >= 4 is 5.91 Å². The molecule has 0 fully saturated rings. The number of carbonyl (C=O) groups is 1. The van der Waals surface area contributed by atoms with Crippen molar-refractivity contribution in [2.75, 3.05) is 13.7 Å². The third kappa shape index (κ3) is 6.11. The topological polar surface area (TPSA) is 47.6 Å². The number of carbonyl (C=O) groups excluding carboxylic acids is 1. The van der Waals surface area contributed by atoms with Crippen LogP contribution in [0.3, 0.4) is 0 Å². The lowest BCUT2D eigenvalue weighted by Gasteiger charge is -2.14. The van der Waals surface area contributed by atoms with Crippen LogP contribution in [-0.2, 0) is 6.61 Å². The number of amides is 1. The minimum atomic E-state index is -0.0586. The molecule has 154 valence electrons. The van der Waals surface area contributed by atoms with E-state index >= 15 is 0 Å². The summed E-state index contributed by atoms with van der Waals surface area (Å²) in [5.41, 5.74) is 5.27. The van der Waals surface area contributed by atoms with E-state index in [1.54, 1.807) is 13.2 Å². The minimum Gasteiger partial charge on any atom is -0.496 e. The maximum atomic E-state index is 12.6. The molecule has 0 spiro atoms. The fraction of sp³-hybridized carbons (Fsp3) is 0.400. The first kappa shape index (κ1) is 21.0. The van der Waals surface area contributed by atoms with Gasteiger partial charge in [0.2, 0.25) is 0 Å². The summed E-state index contributed by atoms with van der Waals surface area (Å²) in [6.07, 6.45) is 8.15. The van der Waals surface area contributed by atoms with Crippen molar-refractivity contribution in [3.05, 3.63) is 70.3 Å². The highest BCUT2D eigenvalue weighted by Crippen LogP contribution is 2.24. The number of hydrogen-bond donors (Lipinski definition) is 1. The summed E-state index contributed by atoms with van der Waals surface area (Å²) in [6, 6.07) is 11.6. The number of allylic oxidation sites excluding steroid dienone is 1. The van der Waals surface area contributed by atoms with Crippen molar-refractivity contribution in [1.29, 1.82) is 0 Å². The highest BCUT2D eigenvalue weighted by atomic mass is 16.5. The Kier molecular flexibility index (Phi) is 7.34. The Morgan fingerprint density at radius 1 is 1.07 bits per heavy atom. The molecule has 0 aromatic heterocycles. The molecule has 4 nitrogen and oxygen atoms in total. The standard InChI is InChI=1S/C25H31NO3/c1-18-13-19(2)15-23(14-18)29-17-22-16-21(9-10-24(22)28-3)25(27)26-12-11-20-7-5-4-6-8-20/h7,9-10,13-16H,4-6,8,11-12,17H2,1-3H3,(H,26,27). The van der Waals surface area contributed by atoms with Gasteiger partial charge < -0.3 is 14.8 Å². The lowest BCUT2D eigenvalue weighted by molar-refractivity contribution is 0.0954. The molecule has 0 aliphatic heterocycles. The van der Waals surface area contributed by atoms with Crippen LogP contribution in [0, 0.1) is 13.8 Å². The Hall–Kier alpha value is -2.75. The fourth-order valence-electron chi connectivity index (χ4n) is 3.78. The maximum absolute atomic E-state index is 12.6. The van der Waals surface area contributed by atoms with Gasteiger partial charge in [0.1, 0.15) is 18.1 Å². The smallest absolute Gasteiger partial charge is 0.251 e. The van der Waals surface area contributed by atoms with Gasteiger partial charge in [0, 0.05) is 17.7 Å². The Balaban J connectivity index is 1.62. The molecule has 0 unspecified atom stereocenters. The Labute approximate surface area is 173 Å². The van der Waals surface area contributed by atoms with Crippen LogP contribution in [0.1, 0.15) is 59.2 Å². The van der Waals surface area contributed by atoms with Gasteiger partial charge in [-0.3, -0.25) is 4.79 Å². The Bertz CT molecular complexity index is 865. The van der Waals surface area contributed by atoms with Gasteiger partial charge in [-0.1, -0.05) is 17.7 Å². The molecule has 1 N–H and O–H groups in total. The van der Waals surface area contributed by atoms with Crippen LogP contribution in [0.15, 0.2) is 48.0 Å². The average molecular weight is 394 g/mol. The summed E-state index contributed by atoms with van der Waals surface area (Å²) in [4.78, 5) is 12.6.